The summed E-state index contributed by atoms with van der Waals surface area (Å²) in [6, 6.07) is 4.58. The van der Waals surface area contributed by atoms with Crippen LogP contribution in [0.25, 0.3) is 11.0 Å². The van der Waals surface area contributed by atoms with Crippen molar-refractivity contribution < 1.29 is 31.8 Å². The van der Waals surface area contributed by atoms with E-state index in [1.165, 1.54) is 19.1 Å². The van der Waals surface area contributed by atoms with Gasteiger partial charge in [-0.25, -0.2) is 9.78 Å². The number of imidazole rings is 1. The highest BCUT2D eigenvalue weighted by Crippen LogP contribution is 2.19. The van der Waals surface area contributed by atoms with E-state index in [1.54, 1.807) is 13.0 Å². The Hall–Kier alpha value is -2.08. The van der Waals surface area contributed by atoms with Crippen molar-refractivity contribution in [3.05, 3.63) is 29.6 Å². The minimum absolute atomic E-state index is 0. The van der Waals surface area contributed by atoms with Gasteiger partial charge in [0, 0.05) is 6.92 Å². The van der Waals surface area contributed by atoms with E-state index in [0.717, 1.165) is 0 Å². The molecule has 1 aromatic carbocycles. The van der Waals surface area contributed by atoms with Crippen LogP contribution >= 0.6 is 0 Å². The van der Waals surface area contributed by atoms with E-state index in [-0.39, 0.29) is 18.0 Å². The van der Waals surface area contributed by atoms with Gasteiger partial charge >= 0.3 is 11.9 Å². The van der Waals surface area contributed by atoms with E-state index in [0.29, 0.717) is 16.9 Å². The molecule has 0 bridgehead atoms. The largest absolute Gasteiger partial charge is 1.00 e. The predicted octanol–water partition coefficient (Wildman–Crippen LogP) is -1.11. The van der Waals surface area contributed by atoms with Crippen LogP contribution in [0.3, 0.4) is 0 Å². The molecule has 0 fully saturated rings. The molecule has 6 nitrogen and oxygen atoms in total. The molecule has 1 aromatic heterocycles. The summed E-state index contributed by atoms with van der Waals surface area (Å²) in [5.74, 6) is -0.905. The number of esters is 1. The summed E-state index contributed by atoms with van der Waals surface area (Å²) in [5.41, 5.74) is 1.41. The van der Waals surface area contributed by atoms with Gasteiger partial charge in [-0.15, -0.1) is 0 Å². The molecular formula is C12H12ClN2O4-. The molecular weight excluding hydrogens is 272 g/mol. The van der Waals surface area contributed by atoms with Gasteiger partial charge in [0.25, 0.3) is 0 Å². The van der Waals surface area contributed by atoms with Crippen molar-refractivity contribution in [2.45, 2.75) is 20.0 Å². The first kappa shape index (κ1) is 15.0. The fourth-order valence-electron chi connectivity index (χ4n) is 1.66. The van der Waals surface area contributed by atoms with Crippen molar-refractivity contribution in [2.75, 3.05) is 0 Å². The minimum atomic E-state index is -0.999. The van der Waals surface area contributed by atoms with Crippen molar-refractivity contribution in [3.63, 3.8) is 0 Å². The van der Waals surface area contributed by atoms with Gasteiger partial charge in [-0.2, -0.15) is 0 Å². The Bertz CT molecular complexity index is 623. The van der Waals surface area contributed by atoms with Gasteiger partial charge in [-0.1, -0.05) is 0 Å². The Balaban J connectivity index is 0.00000180. The van der Waals surface area contributed by atoms with Crippen molar-refractivity contribution in [1.82, 2.24) is 9.97 Å². The second kappa shape index (κ2) is 5.71. The summed E-state index contributed by atoms with van der Waals surface area (Å²) in [6.07, 6.45) is -0.497. The van der Waals surface area contributed by atoms with Gasteiger partial charge in [0.05, 0.1) is 16.6 Å². The molecule has 0 aliphatic rings. The van der Waals surface area contributed by atoms with Crippen LogP contribution in [0.2, 0.25) is 0 Å². The van der Waals surface area contributed by atoms with Gasteiger partial charge in [0.15, 0.2) is 6.10 Å². The van der Waals surface area contributed by atoms with Crippen molar-refractivity contribution in [2.24, 2.45) is 0 Å². The number of hydrogen-bond acceptors (Lipinski definition) is 4. The summed E-state index contributed by atoms with van der Waals surface area (Å²) in [6.45, 7) is 3.01. The lowest BCUT2D eigenvalue weighted by Gasteiger charge is -2.07. The van der Waals surface area contributed by atoms with Crippen LogP contribution in [0.15, 0.2) is 18.2 Å². The van der Waals surface area contributed by atoms with Crippen molar-refractivity contribution in [3.8, 4) is 0 Å². The predicted molar refractivity (Wildman–Crippen MR) is 63.2 cm³/mol. The standard InChI is InChI=1S/C12H12N2O4.ClH/c1-6(18-7(2)15)11-13-9-4-3-8(12(16)17)5-10(9)14-11;/h3-6H,1-2H3,(H,13,14)(H,16,17);1H/p-1. The summed E-state index contributed by atoms with van der Waals surface area (Å²) >= 11 is 0. The van der Waals surface area contributed by atoms with Crippen LogP contribution in [0.5, 0.6) is 0 Å². The number of benzene rings is 1. The molecule has 2 rings (SSSR count). The molecule has 1 unspecified atom stereocenters. The summed E-state index contributed by atoms with van der Waals surface area (Å²) in [5, 5.41) is 8.88. The molecule has 2 N–H and O–H groups in total. The number of aromatic carboxylic acids is 1. The Morgan fingerprint density at radius 1 is 1.42 bits per heavy atom. The fraction of sp³-hybridized carbons (Fsp3) is 0.250. The Kier molecular flexibility index (Phi) is 4.50. The normalized spacial score (nSPS) is 11.7. The Labute approximate surface area is 115 Å². The average Bonchev–Trinajstić information content (AvgIpc) is 2.70. The molecule has 1 heterocycles. The number of ether oxygens (including phenoxy) is 1. The third-order valence-corrected chi connectivity index (χ3v) is 2.47. The van der Waals surface area contributed by atoms with Crippen molar-refractivity contribution in [1.29, 1.82) is 0 Å². The zero-order valence-electron chi connectivity index (χ0n) is 10.3. The molecule has 1 atom stereocenters. The van der Waals surface area contributed by atoms with Crippen LogP contribution in [0.1, 0.15) is 36.1 Å². The SMILES string of the molecule is CC(=O)OC(C)c1nc2ccc(C(=O)O)cc2[nH]1.[Cl-]. The number of carboxylic acids is 1. The molecule has 0 aliphatic carbocycles. The number of carboxylic acid groups (broad SMARTS) is 1. The number of carbonyl (C=O) groups excluding carboxylic acids is 1. The Morgan fingerprint density at radius 2 is 2.11 bits per heavy atom. The van der Waals surface area contributed by atoms with E-state index in [1.807, 2.05) is 0 Å². The average molecular weight is 284 g/mol. The minimum Gasteiger partial charge on any atom is -1.00 e. The zero-order chi connectivity index (χ0) is 13.3. The molecule has 0 aliphatic heterocycles. The number of hydrogen-bond donors (Lipinski definition) is 2. The highest BCUT2D eigenvalue weighted by atomic mass is 35.5. The van der Waals surface area contributed by atoms with Gasteiger partial charge in [0.2, 0.25) is 0 Å². The number of carbonyl (C=O) groups is 2. The third kappa shape index (κ3) is 3.23. The van der Waals surface area contributed by atoms with E-state index in [4.69, 9.17) is 9.84 Å². The lowest BCUT2D eigenvalue weighted by Crippen LogP contribution is -3.00. The first-order valence-corrected chi connectivity index (χ1v) is 5.37. The first-order chi connectivity index (χ1) is 8.47. The molecule has 2 aromatic rings. The smallest absolute Gasteiger partial charge is 0.335 e. The molecule has 19 heavy (non-hydrogen) atoms. The van der Waals surface area contributed by atoms with Gasteiger partial charge < -0.3 is 27.2 Å². The summed E-state index contributed by atoms with van der Waals surface area (Å²) in [4.78, 5) is 28.9. The fourth-order valence-corrected chi connectivity index (χ4v) is 1.66. The van der Waals surface area contributed by atoms with Crippen LogP contribution in [0.4, 0.5) is 0 Å². The van der Waals surface area contributed by atoms with Crippen LogP contribution < -0.4 is 12.4 Å². The van der Waals surface area contributed by atoms with Crippen molar-refractivity contribution >= 4 is 23.0 Å². The number of nitrogens with zero attached hydrogens (tertiary/aromatic N) is 1. The van der Waals surface area contributed by atoms with E-state index in [9.17, 15) is 9.59 Å². The van der Waals surface area contributed by atoms with Gasteiger partial charge in [-0.05, 0) is 25.1 Å². The topological polar surface area (TPSA) is 92.3 Å². The molecule has 0 saturated heterocycles. The first-order valence-electron chi connectivity index (χ1n) is 5.37. The maximum absolute atomic E-state index is 10.8. The third-order valence-electron chi connectivity index (χ3n) is 2.47. The zero-order valence-corrected chi connectivity index (χ0v) is 11.1. The number of fused-ring (bicyclic) bond motifs is 1. The molecule has 7 heteroatoms. The number of aromatic amines is 1. The van der Waals surface area contributed by atoms with E-state index < -0.39 is 18.0 Å². The molecule has 0 amide bonds. The maximum atomic E-state index is 10.8. The number of nitrogens with one attached hydrogen (secondary N) is 1. The maximum Gasteiger partial charge on any atom is 0.335 e. The number of aromatic nitrogens is 2. The number of halogens is 1. The second-order valence-corrected chi connectivity index (χ2v) is 3.91. The molecule has 0 radical (unpaired) electrons. The molecule has 0 saturated carbocycles. The lowest BCUT2D eigenvalue weighted by atomic mass is 10.2. The summed E-state index contributed by atoms with van der Waals surface area (Å²) in [7, 11) is 0. The van der Waals surface area contributed by atoms with E-state index in [2.05, 4.69) is 9.97 Å². The molecule has 0 spiro atoms. The quantitative estimate of drug-likeness (QED) is 0.697. The second-order valence-electron chi connectivity index (χ2n) is 3.91. The number of rotatable bonds is 3. The highest BCUT2D eigenvalue weighted by Gasteiger charge is 2.14. The van der Waals surface area contributed by atoms with Gasteiger partial charge in [-0.3, -0.25) is 4.79 Å². The monoisotopic (exact) mass is 283 g/mol. The molecule has 102 valence electrons. The van der Waals surface area contributed by atoms with Gasteiger partial charge in [0.1, 0.15) is 5.82 Å². The highest BCUT2D eigenvalue weighted by molar-refractivity contribution is 5.92. The van der Waals surface area contributed by atoms with Crippen LogP contribution in [-0.2, 0) is 9.53 Å². The number of H-pyrrole nitrogens is 1. The van der Waals surface area contributed by atoms with Crippen LogP contribution in [0, 0.1) is 0 Å². The summed E-state index contributed by atoms with van der Waals surface area (Å²) < 4.78 is 4.99. The Morgan fingerprint density at radius 3 is 2.68 bits per heavy atom. The van der Waals surface area contributed by atoms with Crippen LogP contribution in [-0.4, -0.2) is 27.0 Å². The van der Waals surface area contributed by atoms with E-state index >= 15 is 0 Å². The lowest BCUT2D eigenvalue weighted by molar-refractivity contribution is -0.146.